The zero-order valence-corrected chi connectivity index (χ0v) is 8.82. The van der Waals surface area contributed by atoms with Gasteiger partial charge in [-0.3, -0.25) is 4.79 Å². The van der Waals surface area contributed by atoms with E-state index >= 15 is 0 Å². The summed E-state index contributed by atoms with van der Waals surface area (Å²) in [6, 6.07) is 0. The van der Waals surface area contributed by atoms with Crippen molar-refractivity contribution in [3.8, 4) is 0 Å². The fourth-order valence-electron chi connectivity index (χ4n) is 1.00. The molecule has 72 valence electrons. The minimum Gasteiger partial charge on any atom is -0.481 e. The Labute approximate surface area is 82.9 Å². The molecule has 0 aliphatic carbocycles. The maximum atomic E-state index is 10.7. The van der Waals surface area contributed by atoms with Gasteiger partial charge in [-0.1, -0.05) is 19.8 Å². The van der Waals surface area contributed by atoms with E-state index in [1.165, 1.54) is 6.92 Å². The molecule has 2 nitrogen and oxygen atoms in total. The summed E-state index contributed by atoms with van der Waals surface area (Å²) < 4.78 is -1.17. The van der Waals surface area contributed by atoms with Crippen molar-refractivity contribution < 1.29 is 9.90 Å². The zero-order chi connectivity index (χ0) is 9.78. The average Bonchev–Trinajstić information content (AvgIpc) is 1.84. The smallest absolute Gasteiger partial charge is 0.309 e. The highest BCUT2D eigenvalue weighted by molar-refractivity contribution is 6.49. The Hall–Kier alpha value is 0.0500. The van der Waals surface area contributed by atoms with Crippen molar-refractivity contribution >= 4 is 29.2 Å². The van der Waals surface area contributed by atoms with Gasteiger partial charge in [0.05, 0.1) is 5.92 Å². The van der Waals surface area contributed by atoms with Crippen molar-refractivity contribution in [3.63, 3.8) is 0 Å². The summed E-state index contributed by atoms with van der Waals surface area (Å²) in [5.74, 6) is -1.59. The molecule has 0 rings (SSSR count). The van der Waals surface area contributed by atoms with E-state index in [1.54, 1.807) is 0 Å². The van der Waals surface area contributed by atoms with Crippen LogP contribution in [0, 0.1) is 5.92 Å². The molecule has 0 saturated carbocycles. The fraction of sp³-hybridized carbons (Fsp3) is 0.875. The third-order valence-electron chi connectivity index (χ3n) is 1.76. The van der Waals surface area contributed by atoms with Gasteiger partial charge in [0.1, 0.15) is 4.33 Å². The average molecular weight is 213 g/mol. The van der Waals surface area contributed by atoms with E-state index in [-0.39, 0.29) is 0 Å². The molecule has 0 aromatic rings. The van der Waals surface area contributed by atoms with E-state index in [0.717, 1.165) is 12.8 Å². The molecule has 0 aromatic carbocycles. The van der Waals surface area contributed by atoms with Crippen LogP contribution in [0.2, 0.25) is 0 Å². The molecule has 1 N–H and O–H groups in total. The fourth-order valence-corrected chi connectivity index (χ4v) is 1.41. The standard InChI is InChI=1S/C8H14Cl2O2/c1-3-4-5-6(7(11)12)8(2,9)10/h6H,3-5H2,1-2H3,(H,11,12). The van der Waals surface area contributed by atoms with Crippen LogP contribution in [0.15, 0.2) is 0 Å². The van der Waals surface area contributed by atoms with E-state index < -0.39 is 16.2 Å². The number of hydrogen-bond acceptors (Lipinski definition) is 1. The van der Waals surface area contributed by atoms with Crippen LogP contribution in [0.5, 0.6) is 0 Å². The van der Waals surface area contributed by atoms with Gasteiger partial charge >= 0.3 is 5.97 Å². The number of unbranched alkanes of at least 4 members (excludes halogenated alkanes) is 1. The molecule has 0 aliphatic heterocycles. The predicted molar refractivity (Wildman–Crippen MR) is 50.8 cm³/mol. The summed E-state index contributed by atoms with van der Waals surface area (Å²) in [6.07, 6.45) is 2.33. The summed E-state index contributed by atoms with van der Waals surface area (Å²) in [7, 11) is 0. The van der Waals surface area contributed by atoms with Crippen LogP contribution in [0.4, 0.5) is 0 Å². The second-order valence-electron chi connectivity index (χ2n) is 2.99. The molecule has 1 unspecified atom stereocenters. The zero-order valence-electron chi connectivity index (χ0n) is 7.31. The number of aliphatic carboxylic acids is 1. The highest BCUT2D eigenvalue weighted by Gasteiger charge is 2.34. The van der Waals surface area contributed by atoms with E-state index in [0.29, 0.717) is 6.42 Å². The summed E-state index contributed by atoms with van der Waals surface area (Å²) in [6.45, 7) is 3.52. The first-order valence-electron chi connectivity index (χ1n) is 4.00. The number of carboxylic acids is 1. The minimum absolute atomic E-state index is 0.537. The maximum Gasteiger partial charge on any atom is 0.309 e. The molecule has 0 saturated heterocycles. The van der Waals surface area contributed by atoms with Crippen molar-refractivity contribution in [2.45, 2.75) is 37.4 Å². The van der Waals surface area contributed by atoms with Gasteiger partial charge in [-0.15, -0.1) is 23.2 Å². The summed E-state index contributed by atoms with van der Waals surface area (Å²) in [5, 5.41) is 8.77. The van der Waals surface area contributed by atoms with Crippen LogP contribution < -0.4 is 0 Å². The van der Waals surface area contributed by atoms with E-state index in [4.69, 9.17) is 28.3 Å². The van der Waals surface area contributed by atoms with Crippen LogP contribution in [0.25, 0.3) is 0 Å². The second-order valence-corrected chi connectivity index (χ2v) is 4.75. The molecule has 0 spiro atoms. The minimum atomic E-state index is -1.17. The first-order chi connectivity index (χ1) is 5.39. The number of carbonyl (C=O) groups is 1. The lowest BCUT2D eigenvalue weighted by molar-refractivity contribution is -0.142. The molecule has 0 amide bonds. The second kappa shape index (κ2) is 4.93. The third kappa shape index (κ3) is 4.17. The Balaban J connectivity index is 4.15. The number of rotatable bonds is 5. The lowest BCUT2D eigenvalue weighted by atomic mass is 9.99. The topological polar surface area (TPSA) is 37.3 Å². The molecule has 12 heavy (non-hydrogen) atoms. The number of carboxylic acid groups (broad SMARTS) is 1. The van der Waals surface area contributed by atoms with Crippen molar-refractivity contribution in [2.24, 2.45) is 5.92 Å². The molecular formula is C8H14Cl2O2. The first kappa shape index (κ1) is 12.0. The highest BCUT2D eigenvalue weighted by atomic mass is 35.5. The molecule has 0 radical (unpaired) electrons. The quantitative estimate of drug-likeness (QED) is 0.712. The van der Waals surface area contributed by atoms with Gasteiger partial charge in [0.25, 0.3) is 0 Å². The monoisotopic (exact) mass is 212 g/mol. The van der Waals surface area contributed by atoms with Gasteiger partial charge in [0, 0.05) is 0 Å². The Morgan fingerprint density at radius 3 is 2.33 bits per heavy atom. The molecule has 0 aliphatic rings. The Kier molecular flexibility index (Phi) is 4.95. The lowest BCUT2D eigenvalue weighted by Gasteiger charge is -2.21. The van der Waals surface area contributed by atoms with Gasteiger partial charge in [-0.25, -0.2) is 0 Å². The predicted octanol–water partition coefficient (Wildman–Crippen LogP) is 3.07. The van der Waals surface area contributed by atoms with Gasteiger partial charge < -0.3 is 5.11 Å². The van der Waals surface area contributed by atoms with Crippen LogP contribution in [0.1, 0.15) is 33.1 Å². The largest absolute Gasteiger partial charge is 0.481 e. The number of halogens is 2. The van der Waals surface area contributed by atoms with Gasteiger partial charge in [0.2, 0.25) is 0 Å². The molecule has 4 heteroatoms. The van der Waals surface area contributed by atoms with Gasteiger partial charge in [-0.05, 0) is 13.3 Å². The normalized spacial score (nSPS) is 14.3. The van der Waals surface area contributed by atoms with E-state index in [2.05, 4.69) is 0 Å². The number of alkyl halides is 2. The Morgan fingerprint density at radius 1 is 1.58 bits per heavy atom. The first-order valence-corrected chi connectivity index (χ1v) is 4.75. The summed E-state index contributed by atoms with van der Waals surface area (Å²) in [4.78, 5) is 10.7. The molecule has 0 fully saturated rings. The van der Waals surface area contributed by atoms with E-state index in [9.17, 15) is 4.79 Å². The van der Waals surface area contributed by atoms with Crippen LogP contribution in [-0.2, 0) is 4.79 Å². The van der Waals surface area contributed by atoms with Gasteiger partial charge in [-0.2, -0.15) is 0 Å². The van der Waals surface area contributed by atoms with E-state index in [1.807, 2.05) is 6.92 Å². The molecular weight excluding hydrogens is 199 g/mol. The summed E-state index contributed by atoms with van der Waals surface area (Å²) in [5.41, 5.74) is 0. The van der Waals surface area contributed by atoms with Crippen molar-refractivity contribution in [3.05, 3.63) is 0 Å². The van der Waals surface area contributed by atoms with Crippen molar-refractivity contribution in [2.75, 3.05) is 0 Å². The molecule has 1 atom stereocenters. The van der Waals surface area contributed by atoms with Crippen molar-refractivity contribution in [1.29, 1.82) is 0 Å². The maximum absolute atomic E-state index is 10.7. The number of hydrogen-bond donors (Lipinski definition) is 1. The lowest BCUT2D eigenvalue weighted by Crippen LogP contribution is -2.29. The molecule has 0 heterocycles. The molecule has 0 bridgehead atoms. The van der Waals surface area contributed by atoms with Crippen molar-refractivity contribution in [1.82, 2.24) is 0 Å². The Bertz CT molecular complexity index is 152. The highest BCUT2D eigenvalue weighted by Crippen LogP contribution is 2.33. The van der Waals surface area contributed by atoms with Crippen LogP contribution in [0.3, 0.4) is 0 Å². The summed E-state index contributed by atoms with van der Waals surface area (Å²) >= 11 is 11.4. The molecule has 0 aromatic heterocycles. The third-order valence-corrected chi connectivity index (χ3v) is 2.28. The van der Waals surface area contributed by atoms with Gasteiger partial charge in [0.15, 0.2) is 0 Å². The Morgan fingerprint density at radius 2 is 2.08 bits per heavy atom. The van der Waals surface area contributed by atoms with Crippen LogP contribution >= 0.6 is 23.2 Å². The van der Waals surface area contributed by atoms with Crippen LogP contribution in [-0.4, -0.2) is 15.4 Å². The SMILES string of the molecule is CCCCC(C(=O)O)C(C)(Cl)Cl.